The first kappa shape index (κ1) is 17.0. The number of likely N-dealkylation sites (tertiary alicyclic amines) is 1. The van der Waals surface area contributed by atoms with Crippen LogP contribution in [-0.4, -0.2) is 33.4 Å². The number of carbonyl (C=O) groups is 1. The van der Waals surface area contributed by atoms with Gasteiger partial charge in [-0.05, 0) is 56.5 Å². The lowest BCUT2D eigenvalue weighted by atomic mass is 9.99. The van der Waals surface area contributed by atoms with E-state index in [9.17, 15) is 4.79 Å². The lowest BCUT2D eigenvalue weighted by molar-refractivity contribution is -0.116. The van der Waals surface area contributed by atoms with E-state index in [1.807, 2.05) is 25.1 Å². The van der Waals surface area contributed by atoms with Crippen LogP contribution in [0.15, 0.2) is 18.2 Å². The summed E-state index contributed by atoms with van der Waals surface area (Å²) in [5.41, 5.74) is 2.90. The van der Waals surface area contributed by atoms with E-state index in [2.05, 4.69) is 28.8 Å². The fourth-order valence-electron chi connectivity index (χ4n) is 3.34. The molecular weight excluding hydrogens is 300 g/mol. The van der Waals surface area contributed by atoms with Crippen LogP contribution in [0.25, 0.3) is 11.0 Å². The highest BCUT2D eigenvalue weighted by Gasteiger charge is 2.18. The highest BCUT2D eigenvalue weighted by Crippen LogP contribution is 2.22. The van der Waals surface area contributed by atoms with Gasteiger partial charge in [0, 0.05) is 19.2 Å². The van der Waals surface area contributed by atoms with Crippen molar-refractivity contribution < 1.29 is 4.79 Å². The van der Waals surface area contributed by atoms with Crippen LogP contribution < -0.4 is 5.32 Å². The van der Waals surface area contributed by atoms with E-state index in [0.717, 1.165) is 54.5 Å². The van der Waals surface area contributed by atoms with Gasteiger partial charge in [-0.25, -0.2) is 4.98 Å². The van der Waals surface area contributed by atoms with Crippen molar-refractivity contribution in [2.45, 2.75) is 46.1 Å². The number of aryl methyl sites for hydroxylation is 1. The van der Waals surface area contributed by atoms with Gasteiger partial charge >= 0.3 is 0 Å². The number of benzene rings is 1. The molecule has 1 saturated heterocycles. The minimum absolute atomic E-state index is 0.0652. The van der Waals surface area contributed by atoms with Crippen molar-refractivity contribution in [3.8, 4) is 0 Å². The third-order valence-corrected chi connectivity index (χ3v) is 4.98. The molecule has 0 atom stereocenters. The number of carbonyl (C=O) groups excluding carboxylic acids is 1. The minimum atomic E-state index is 0.0652. The van der Waals surface area contributed by atoms with Crippen LogP contribution in [-0.2, 0) is 18.4 Å². The van der Waals surface area contributed by atoms with Gasteiger partial charge in [0.15, 0.2) is 0 Å². The Bertz CT molecular complexity index is 713. The molecular formula is C19H28N4O. The first-order chi connectivity index (χ1) is 11.6. The molecule has 1 aliphatic rings. The quantitative estimate of drug-likeness (QED) is 0.913. The lowest BCUT2D eigenvalue weighted by Crippen LogP contribution is -2.33. The molecule has 0 saturated carbocycles. The molecule has 24 heavy (non-hydrogen) atoms. The molecule has 1 aromatic carbocycles. The van der Waals surface area contributed by atoms with Crippen LogP contribution in [0.4, 0.5) is 5.69 Å². The van der Waals surface area contributed by atoms with Gasteiger partial charge in [0.05, 0.1) is 17.6 Å². The number of amides is 1. The Morgan fingerprint density at radius 2 is 2.08 bits per heavy atom. The van der Waals surface area contributed by atoms with Crippen molar-refractivity contribution in [2.75, 3.05) is 18.4 Å². The van der Waals surface area contributed by atoms with Crippen molar-refractivity contribution >= 4 is 22.6 Å². The number of fused-ring (bicyclic) bond motifs is 1. The number of rotatable bonds is 5. The predicted molar refractivity (Wildman–Crippen MR) is 97.9 cm³/mol. The predicted octanol–water partition coefficient (Wildman–Crippen LogP) is 3.54. The zero-order valence-corrected chi connectivity index (χ0v) is 15.0. The van der Waals surface area contributed by atoms with Crippen molar-refractivity contribution in [3.05, 3.63) is 24.0 Å². The molecule has 0 bridgehead atoms. The Hall–Kier alpha value is -1.88. The number of imidazole rings is 1. The number of aromatic nitrogens is 2. The Morgan fingerprint density at radius 3 is 2.79 bits per heavy atom. The average Bonchev–Trinajstić information content (AvgIpc) is 2.85. The summed E-state index contributed by atoms with van der Waals surface area (Å²) in [6, 6.07) is 5.99. The lowest BCUT2D eigenvalue weighted by Gasteiger charge is -2.29. The summed E-state index contributed by atoms with van der Waals surface area (Å²) in [5.74, 6) is 2.00. The second kappa shape index (κ2) is 7.34. The van der Waals surface area contributed by atoms with Crippen LogP contribution in [0.1, 0.15) is 45.4 Å². The molecule has 5 heteroatoms. The molecule has 1 aromatic heterocycles. The Balaban J connectivity index is 1.75. The zero-order chi connectivity index (χ0) is 17.1. The van der Waals surface area contributed by atoms with Crippen LogP contribution in [0, 0.1) is 5.92 Å². The molecule has 3 rings (SSSR count). The molecule has 1 fully saturated rings. The number of anilines is 1. The van der Waals surface area contributed by atoms with Gasteiger partial charge in [-0.15, -0.1) is 0 Å². The van der Waals surface area contributed by atoms with Gasteiger partial charge in [-0.1, -0.05) is 13.8 Å². The van der Waals surface area contributed by atoms with Crippen molar-refractivity contribution in [1.82, 2.24) is 14.5 Å². The second-order valence-corrected chi connectivity index (χ2v) is 7.05. The number of nitrogens with zero attached hydrogens (tertiary/aromatic N) is 3. The summed E-state index contributed by atoms with van der Waals surface area (Å²) in [6.07, 6.45) is 3.96. The molecule has 0 unspecified atom stereocenters. The number of piperidine rings is 1. The smallest absolute Gasteiger partial charge is 0.224 e. The molecule has 5 nitrogen and oxygen atoms in total. The molecule has 2 heterocycles. The third kappa shape index (κ3) is 3.78. The summed E-state index contributed by atoms with van der Waals surface area (Å²) in [4.78, 5) is 19.1. The molecule has 2 aromatic rings. The summed E-state index contributed by atoms with van der Waals surface area (Å²) in [6.45, 7) is 7.55. The molecule has 0 aliphatic carbocycles. The maximum atomic E-state index is 11.8. The van der Waals surface area contributed by atoms with Gasteiger partial charge < -0.3 is 9.88 Å². The Morgan fingerprint density at radius 1 is 1.33 bits per heavy atom. The van der Waals surface area contributed by atoms with E-state index < -0.39 is 0 Å². The SMILES string of the molecule is CCCC(=O)Nc1ccc2c(c1)nc(CN1CCC(C)CC1)n2C. The number of hydrogen-bond acceptors (Lipinski definition) is 3. The zero-order valence-electron chi connectivity index (χ0n) is 15.0. The van der Waals surface area contributed by atoms with Crippen molar-refractivity contribution in [3.63, 3.8) is 0 Å². The first-order valence-electron chi connectivity index (χ1n) is 9.04. The van der Waals surface area contributed by atoms with E-state index in [4.69, 9.17) is 4.98 Å². The topological polar surface area (TPSA) is 50.2 Å². The summed E-state index contributed by atoms with van der Waals surface area (Å²) in [5, 5.41) is 2.95. The Labute approximate surface area is 144 Å². The largest absolute Gasteiger partial charge is 0.330 e. The van der Waals surface area contributed by atoms with Crippen LogP contribution >= 0.6 is 0 Å². The normalized spacial score (nSPS) is 16.6. The minimum Gasteiger partial charge on any atom is -0.330 e. The van der Waals surface area contributed by atoms with E-state index in [1.54, 1.807) is 0 Å². The van der Waals surface area contributed by atoms with Gasteiger partial charge in [0.1, 0.15) is 5.82 Å². The van der Waals surface area contributed by atoms with Gasteiger partial charge in [0.25, 0.3) is 0 Å². The van der Waals surface area contributed by atoms with Crippen molar-refractivity contribution in [1.29, 1.82) is 0 Å². The number of hydrogen-bond donors (Lipinski definition) is 1. The van der Waals surface area contributed by atoms with E-state index in [0.29, 0.717) is 6.42 Å². The van der Waals surface area contributed by atoms with Crippen LogP contribution in [0.5, 0.6) is 0 Å². The highest BCUT2D eigenvalue weighted by molar-refractivity contribution is 5.93. The molecule has 0 radical (unpaired) electrons. The average molecular weight is 328 g/mol. The maximum Gasteiger partial charge on any atom is 0.224 e. The maximum absolute atomic E-state index is 11.8. The molecule has 1 N–H and O–H groups in total. The summed E-state index contributed by atoms with van der Waals surface area (Å²) < 4.78 is 2.17. The van der Waals surface area contributed by atoms with E-state index >= 15 is 0 Å². The molecule has 1 aliphatic heterocycles. The number of nitrogens with one attached hydrogen (secondary N) is 1. The molecule has 1 amide bonds. The van der Waals surface area contributed by atoms with Gasteiger partial charge in [0.2, 0.25) is 5.91 Å². The van der Waals surface area contributed by atoms with Gasteiger partial charge in [-0.3, -0.25) is 9.69 Å². The standard InChI is InChI=1S/C19H28N4O/c1-4-5-19(24)20-15-6-7-17-16(12-15)21-18(22(17)3)13-23-10-8-14(2)9-11-23/h6-7,12,14H,4-5,8-11,13H2,1-3H3,(H,20,24). The van der Waals surface area contributed by atoms with Crippen LogP contribution in [0.2, 0.25) is 0 Å². The summed E-state index contributed by atoms with van der Waals surface area (Å²) in [7, 11) is 2.08. The highest BCUT2D eigenvalue weighted by atomic mass is 16.1. The fraction of sp³-hybridized carbons (Fsp3) is 0.579. The first-order valence-corrected chi connectivity index (χ1v) is 9.04. The Kier molecular flexibility index (Phi) is 5.19. The van der Waals surface area contributed by atoms with Crippen LogP contribution in [0.3, 0.4) is 0 Å². The third-order valence-electron chi connectivity index (χ3n) is 4.98. The van der Waals surface area contributed by atoms with E-state index in [1.165, 1.54) is 12.8 Å². The monoisotopic (exact) mass is 328 g/mol. The van der Waals surface area contributed by atoms with Crippen molar-refractivity contribution in [2.24, 2.45) is 13.0 Å². The fourth-order valence-corrected chi connectivity index (χ4v) is 3.34. The molecule has 130 valence electrons. The molecule has 0 spiro atoms. The van der Waals surface area contributed by atoms with E-state index in [-0.39, 0.29) is 5.91 Å². The summed E-state index contributed by atoms with van der Waals surface area (Å²) >= 11 is 0. The van der Waals surface area contributed by atoms with Gasteiger partial charge in [-0.2, -0.15) is 0 Å². The second-order valence-electron chi connectivity index (χ2n) is 7.05.